The number of rotatable bonds is 3. The third-order valence-corrected chi connectivity index (χ3v) is 3.61. The highest BCUT2D eigenvalue weighted by Crippen LogP contribution is 2.43. The van der Waals surface area contributed by atoms with Gasteiger partial charge < -0.3 is 10.3 Å². The van der Waals surface area contributed by atoms with Gasteiger partial charge in [0.1, 0.15) is 5.82 Å². The first-order chi connectivity index (χ1) is 8.96. The van der Waals surface area contributed by atoms with E-state index in [4.69, 9.17) is 10.3 Å². The molecule has 0 bridgehead atoms. The van der Waals surface area contributed by atoms with Gasteiger partial charge in [0, 0.05) is 5.56 Å². The minimum atomic E-state index is -0.590. The van der Waals surface area contributed by atoms with Crippen molar-refractivity contribution in [3.63, 3.8) is 0 Å². The van der Waals surface area contributed by atoms with Crippen molar-refractivity contribution in [3.8, 4) is 11.4 Å². The lowest BCUT2D eigenvalue weighted by molar-refractivity contribution is 0.273. The van der Waals surface area contributed by atoms with Crippen LogP contribution in [0.15, 0.2) is 22.7 Å². The summed E-state index contributed by atoms with van der Waals surface area (Å²) in [7, 11) is 0. The fourth-order valence-corrected chi connectivity index (χ4v) is 2.28. The Balaban J connectivity index is 1.96. The Morgan fingerprint density at radius 1 is 1.37 bits per heavy atom. The number of hydrogen-bond acceptors (Lipinski definition) is 4. The molecule has 1 aliphatic rings. The second kappa shape index (κ2) is 4.13. The maximum Gasteiger partial charge on any atom is 0.247 e. The predicted octanol–water partition coefficient (Wildman–Crippen LogP) is 2.77. The first-order valence-electron chi connectivity index (χ1n) is 6.37. The van der Waals surface area contributed by atoms with Crippen molar-refractivity contribution < 1.29 is 8.91 Å². The molecule has 1 fully saturated rings. The van der Waals surface area contributed by atoms with Crippen molar-refractivity contribution >= 4 is 0 Å². The van der Waals surface area contributed by atoms with Crippen molar-refractivity contribution in [2.45, 2.75) is 32.2 Å². The van der Waals surface area contributed by atoms with Crippen LogP contribution in [0.2, 0.25) is 0 Å². The van der Waals surface area contributed by atoms with Gasteiger partial charge in [0.25, 0.3) is 0 Å². The zero-order chi connectivity index (χ0) is 13.6. The van der Waals surface area contributed by atoms with Crippen LogP contribution in [-0.2, 0) is 5.54 Å². The molecule has 2 N–H and O–H groups in total. The highest BCUT2D eigenvalue weighted by Gasteiger charge is 2.43. The molecule has 100 valence electrons. The van der Waals surface area contributed by atoms with Gasteiger partial charge in [-0.1, -0.05) is 5.16 Å². The summed E-state index contributed by atoms with van der Waals surface area (Å²) in [6.07, 6.45) is 2.17. The number of aryl methyl sites for hydroxylation is 1. The second-order valence-electron chi connectivity index (χ2n) is 5.50. The van der Waals surface area contributed by atoms with E-state index >= 15 is 0 Å². The fourth-order valence-electron chi connectivity index (χ4n) is 2.28. The predicted molar refractivity (Wildman–Crippen MR) is 68.7 cm³/mol. The molecule has 4 nitrogen and oxygen atoms in total. The van der Waals surface area contributed by atoms with Crippen LogP contribution in [0.1, 0.15) is 31.2 Å². The Labute approximate surface area is 110 Å². The molecule has 1 aromatic heterocycles. The highest BCUT2D eigenvalue weighted by molar-refractivity contribution is 5.55. The van der Waals surface area contributed by atoms with Crippen molar-refractivity contribution in [2.24, 2.45) is 11.7 Å². The molecule has 1 atom stereocenters. The van der Waals surface area contributed by atoms with Crippen molar-refractivity contribution in [3.05, 3.63) is 35.5 Å². The largest absolute Gasteiger partial charge is 0.337 e. The number of aromatic nitrogens is 2. The Kier molecular flexibility index (Phi) is 2.67. The Morgan fingerprint density at radius 2 is 2.11 bits per heavy atom. The molecule has 19 heavy (non-hydrogen) atoms. The molecule has 1 heterocycles. The first kappa shape index (κ1) is 12.3. The molecule has 0 amide bonds. The summed E-state index contributed by atoms with van der Waals surface area (Å²) in [5, 5.41) is 3.91. The molecule has 0 spiro atoms. The van der Waals surface area contributed by atoms with E-state index in [0.29, 0.717) is 23.2 Å². The zero-order valence-corrected chi connectivity index (χ0v) is 11.0. The van der Waals surface area contributed by atoms with Gasteiger partial charge in [-0.25, -0.2) is 4.39 Å². The monoisotopic (exact) mass is 261 g/mol. The van der Waals surface area contributed by atoms with Gasteiger partial charge >= 0.3 is 0 Å². The molecule has 1 aromatic carbocycles. The lowest BCUT2D eigenvalue weighted by Gasteiger charge is -2.18. The molecule has 1 aliphatic carbocycles. The van der Waals surface area contributed by atoms with Crippen LogP contribution in [0, 0.1) is 18.7 Å². The number of nitrogens with two attached hydrogens (primary N) is 1. The van der Waals surface area contributed by atoms with Crippen molar-refractivity contribution in [2.75, 3.05) is 0 Å². The van der Waals surface area contributed by atoms with Crippen LogP contribution in [0.3, 0.4) is 0 Å². The number of hydrogen-bond donors (Lipinski definition) is 1. The summed E-state index contributed by atoms with van der Waals surface area (Å²) in [5.74, 6) is 0.899. The normalized spacial score (nSPS) is 18.3. The molecule has 1 saturated carbocycles. The maximum absolute atomic E-state index is 13.4. The third kappa shape index (κ3) is 2.26. The average molecular weight is 261 g/mol. The van der Waals surface area contributed by atoms with Crippen LogP contribution in [0.25, 0.3) is 11.4 Å². The summed E-state index contributed by atoms with van der Waals surface area (Å²) >= 11 is 0. The standard InChI is InChI=1S/C14H16FN3O/c1-8-5-9(7-11(15)6-8)12-17-13(19-18-12)14(2,16)10-3-4-10/h5-7,10H,3-4,16H2,1-2H3. The van der Waals surface area contributed by atoms with Gasteiger partial charge in [-0.05, 0) is 56.4 Å². The SMILES string of the molecule is Cc1cc(F)cc(-c2noc(C(C)(N)C3CC3)n2)c1. The fraction of sp³-hybridized carbons (Fsp3) is 0.429. The Morgan fingerprint density at radius 3 is 2.74 bits per heavy atom. The summed E-state index contributed by atoms with van der Waals surface area (Å²) in [5.41, 5.74) is 7.06. The molecule has 0 aliphatic heterocycles. The van der Waals surface area contributed by atoms with Crippen LogP contribution < -0.4 is 5.73 Å². The lowest BCUT2D eigenvalue weighted by Crippen LogP contribution is -2.35. The number of nitrogens with zero attached hydrogens (tertiary/aromatic N) is 2. The minimum Gasteiger partial charge on any atom is -0.337 e. The molecule has 1 unspecified atom stereocenters. The van der Waals surface area contributed by atoms with Gasteiger partial charge in [0.05, 0.1) is 5.54 Å². The third-order valence-electron chi connectivity index (χ3n) is 3.61. The topological polar surface area (TPSA) is 64.9 Å². The number of halogens is 1. The molecule has 5 heteroatoms. The summed E-state index contributed by atoms with van der Waals surface area (Å²) in [6.45, 7) is 3.73. The Hall–Kier alpha value is -1.75. The van der Waals surface area contributed by atoms with Crippen LogP contribution >= 0.6 is 0 Å². The van der Waals surface area contributed by atoms with E-state index in [0.717, 1.165) is 18.4 Å². The quantitative estimate of drug-likeness (QED) is 0.922. The zero-order valence-electron chi connectivity index (χ0n) is 11.0. The van der Waals surface area contributed by atoms with E-state index in [2.05, 4.69) is 10.1 Å². The molecule has 0 saturated heterocycles. The molecule has 0 radical (unpaired) electrons. The molecule has 3 rings (SSSR count). The van der Waals surface area contributed by atoms with Gasteiger partial charge in [-0.2, -0.15) is 4.98 Å². The maximum atomic E-state index is 13.4. The van der Waals surface area contributed by atoms with Gasteiger partial charge in [0.2, 0.25) is 11.7 Å². The lowest BCUT2D eigenvalue weighted by atomic mass is 9.97. The van der Waals surface area contributed by atoms with E-state index < -0.39 is 5.54 Å². The van der Waals surface area contributed by atoms with E-state index in [1.165, 1.54) is 12.1 Å². The number of benzene rings is 1. The second-order valence-corrected chi connectivity index (χ2v) is 5.50. The van der Waals surface area contributed by atoms with Gasteiger partial charge in [-0.15, -0.1) is 0 Å². The van der Waals surface area contributed by atoms with Gasteiger partial charge in [-0.3, -0.25) is 0 Å². The molecular formula is C14H16FN3O. The van der Waals surface area contributed by atoms with Crippen molar-refractivity contribution in [1.82, 2.24) is 10.1 Å². The first-order valence-corrected chi connectivity index (χ1v) is 6.37. The van der Waals surface area contributed by atoms with Gasteiger partial charge in [0.15, 0.2) is 0 Å². The Bertz CT molecular complexity index is 597. The smallest absolute Gasteiger partial charge is 0.247 e. The van der Waals surface area contributed by atoms with Crippen LogP contribution in [0.5, 0.6) is 0 Å². The van der Waals surface area contributed by atoms with E-state index in [1.54, 1.807) is 0 Å². The molecular weight excluding hydrogens is 245 g/mol. The average Bonchev–Trinajstić information content (AvgIpc) is 3.06. The van der Waals surface area contributed by atoms with Crippen molar-refractivity contribution in [1.29, 1.82) is 0 Å². The van der Waals surface area contributed by atoms with E-state index in [-0.39, 0.29) is 5.82 Å². The molecule has 2 aromatic rings. The van der Waals surface area contributed by atoms with E-state index in [1.807, 2.05) is 19.9 Å². The summed E-state index contributed by atoms with van der Waals surface area (Å²) in [6, 6.07) is 4.68. The minimum absolute atomic E-state index is 0.306. The summed E-state index contributed by atoms with van der Waals surface area (Å²) < 4.78 is 18.6. The highest BCUT2D eigenvalue weighted by atomic mass is 19.1. The van der Waals surface area contributed by atoms with Crippen LogP contribution in [0.4, 0.5) is 4.39 Å². The summed E-state index contributed by atoms with van der Waals surface area (Å²) in [4.78, 5) is 4.33. The van der Waals surface area contributed by atoms with Crippen LogP contribution in [-0.4, -0.2) is 10.1 Å². The van der Waals surface area contributed by atoms with E-state index in [9.17, 15) is 4.39 Å².